The molecular formula is C21H23ClN2O3. The van der Waals surface area contributed by atoms with Crippen molar-refractivity contribution in [3.63, 3.8) is 0 Å². The Labute approximate surface area is 164 Å². The second kappa shape index (κ2) is 8.19. The first kappa shape index (κ1) is 18.1. The van der Waals surface area contributed by atoms with Crippen LogP contribution in [0.4, 0.5) is 0 Å². The Balaban J connectivity index is 1.50. The van der Waals surface area contributed by atoms with Crippen LogP contribution in [-0.2, 0) is 11.3 Å². The number of carbonyl (C=O) groups excluding carboxylic acids is 1. The molecule has 0 bridgehead atoms. The van der Waals surface area contributed by atoms with Gasteiger partial charge < -0.3 is 19.7 Å². The minimum atomic E-state index is 0.0558. The third-order valence-corrected chi connectivity index (χ3v) is 5.27. The molecule has 0 aromatic heterocycles. The smallest absolute Gasteiger partial charge is 0.222 e. The van der Waals surface area contributed by atoms with Gasteiger partial charge in [0.25, 0.3) is 0 Å². The summed E-state index contributed by atoms with van der Waals surface area (Å²) in [5, 5.41) is 4.15. The van der Waals surface area contributed by atoms with Crippen LogP contribution < -0.4 is 14.8 Å². The lowest BCUT2D eigenvalue weighted by atomic mass is 10.1. The molecule has 5 nitrogen and oxygen atoms in total. The van der Waals surface area contributed by atoms with Crippen LogP contribution in [0.25, 0.3) is 0 Å². The molecule has 1 atom stereocenters. The lowest BCUT2D eigenvalue weighted by Gasteiger charge is -2.26. The van der Waals surface area contributed by atoms with E-state index in [1.807, 2.05) is 35.2 Å². The van der Waals surface area contributed by atoms with Gasteiger partial charge in [0.1, 0.15) is 13.2 Å². The van der Waals surface area contributed by atoms with Crippen LogP contribution in [0.3, 0.4) is 0 Å². The molecule has 1 fully saturated rings. The average molecular weight is 387 g/mol. The van der Waals surface area contributed by atoms with E-state index in [1.54, 1.807) is 0 Å². The normalized spacial score (nSPS) is 17.2. The summed E-state index contributed by atoms with van der Waals surface area (Å²) in [5.41, 5.74) is 2.19. The highest BCUT2D eigenvalue weighted by molar-refractivity contribution is 6.32. The number of fused-ring (bicyclic) bond motifs is 1. The summed E-state index contributed by atoms with van der Waals surface area (Å²) < 4.78 is 11.3. The summed E-state index contributed by atoms with van der Waals surface area (Å²) in [6.07, 6.45) is 1.59. The number of nitrogens with zero attached hydrogens (tertiary/aromatic N) is 1. The summed E-state index contributed by atoms with van der Waals surface area (Å²) >= 11 is 6.35. The number of benzene rings is 2. The molecule has 0 spiro atoms. The Hall–Kier alpha value is -2.24. The SMILES string of the molecule is O=C1CCCN1C[C@H](NCc1cc(Cl)c2c(c1)OCCO2)c1ccccc1. The first-order chi connectivity index (χ1) is 13.2. The Morgan fingerprint density at radius 1 is 1.15 bits per heavy atom. The molecule has 27 heavy (non-hydrogen) atoms. The van der Waals surface area contributed by atoms with Crippen molar-refractivity contribution in [2.75, 3.05) is 26.3 Å². The molecule has 1 N–H and O–H groups in total. The molecule has 0 saturated carbocycles. The van der Waals surface area contributed by atoms with Gasteiger partial charge in [0, 0.05) is 26.1 Å². The highest BCUT2D eigenvalue weighted by Crippen LogP contribution is 2.38. The molecule has 2 aliphatic rings. The van der Waals surface area contributed by atoms with Gasteiger partial charge >= 0.3 is 0 Å². The molecule has 0 aliphatic carbocycles. The van der Waals surface area contributed by atoms with Crippen molar-refractivity contribution in [1.82, 2.24) is 10.2 Å². The summed E-state index contributed by atoms with van der Waals surface area (Å²) in [6.45, 7) is 3.17. The molecule has 2 aromatic carbocycles. The predicted molar refractivity (Wildman–Crippen MR) is 104 cm³/mol. The number of rotatable bonds is 6. The number of nitrogens with one attached hydrogen (secondary N) is 1. The summed E-state index contributed by atoms with van der Waals surface area (Å²) in [6, 6.07) is 14.2. The molecule has 0 unspecified atom stereocenters. The van der Waals surface area contributed by atoms with E-state index in [4.69, 9.17) is 21.1 Å². The number of hydrogen-bond donors (Lipinski definition) is 1. The van der Waals surface area contributed by atoms with E-state index in [1.165, 1.54) is 5.56 Å². The lowest BCUT2D eigenvalue weighted by molar-refractivity contribution is -0.128. The van der Waals surface area contributed by atoms with Gasteiger partial charge in [-0.3, -0.25) is 4.79 Å². The number of ether oxygens (including phenoxy) is 2. The fourth-order valence-corrected chi connectivity index (χ4v) is 3.89. The van der Waals surface area contributed by atoms with Crippen molar-refractivity contribution in [2.24, 2.45) is 0 Å². The Morgan fingerprint density at radius 2 is 1.96 bits per heavy atom. The number of amides is 1. The van der Waals surface area contributed by atoms with E-state index >= 15 is 0 Å². The Morgan fingerprint density at radius 3 is 2.74 bits per heavy atom. The largest absolute Gasteiger partial charge is 0.486 e. The Bertz CT molecular complexity index is 813. The van der Waals surface area contributed by atoms with Crippen LogP contribution in [0.1, 0.15) is 30.0 Å². The molecule has 1 amide bonds. The zero-order chi connectivity index (χ0) is 18.6. The van der Waals surface area contributed by atoms with Gasteiger partial charge in [0.2, 0.25) is 5.91 Å². The molecule has 6 heteroatoms. The minimum Gasteiger partial charge on any atom is -0.486 e. The molecule has 0 radical (unpaired) electrons. The number of hydrogen-bond acceptors (Lipinski definition) is 4. The number of carbonyl (C=O) groups is 1. The average Bonchev–Trinajstić information content (AvgIpc) is 3.10. The first-order valence-corrected chi connectivity index (χ1v) is 9.72. The summed E-state index contributed by atoms with van der Waals surface area (Å²) in [4.78, 5) is 14.0. The molecule has 1 saturated heterocycles. The summed E-state index contributed by atoms with van der Waals surface area (Å²) in [5.74, 6) is 1.55. The van der Waals surface area contributed by atoms with Gasteiger partial charge in [-0.2, -0.15) is 0 Å². The standard InChI is InChI=1S/C21H23ClN2O3/c22-17-11-15(12-19-21(17)27-10-9-26-19)13-23-18(16-5-2-1-3-6-16)14-24-8-4-7-20(24)25/h1-3,5-6,11-12,18,23H,4,7-10,13-14H2/t18-/m0/s1. The first-order valence-electron chi connectivity index (χ1n) is 9.35. The fourth-order valence-electron chi connectivity index (χ4n) is 3.60. The second-order valence-electron chi connectivity index (χ2n) is 6.89. The molecular weight excluding hydrogens is 364 g/mol. The third kappa shape index (κ3) is 4.20. The van der Waals surface area contributed by atoms with Crippen LogP contribution in [0.2, 0.25) is 5.02 Å². The van der Waals surface area contributed by atoms with E-state index in [9.17, 15) is 4.79 Å². The summed E-state index contributed by atoms with van der Waals surface area (Å²) in [7, 11) is 0. The van der Waals surface area contributed by atoms with E-state index in [-0.39, 0.29) is 11.9 Å². The van der Waals surface area contributed by atoms with Gasteiger partial charge in [0.05, 0.1) is 11.1 Å². The van der Waals surface area contributed by atoms with Crippen molar-refractivity contribution < 1.29 is 14.3 Å². The highest BCUT2D eigenvalue weighted by Gasteiger charge is 2.24. The van der Waals surface area contributed by atoms with Crippen molar-refractivity contribution >= 4 is 17.5 Å². The molecule has 2 aromatic rings. The van der Waals surface area contributed by atoms with Gasteiger partial charge in [0.15, 0.2) is 11.5 Å². The monoisotopic (exact) mass is 386 g/mol. The van der Waals surface area contributed by atoms with Gasteiger partial charge in [-0.15, -0.1) is 0 Å². The lowest BCUT2D eigenvalue weighted by Crippen LogP contribution is -2.35. The van der Waals surface area contributed by atoms with Crippen LogP contribution in [-0.4, -0.2) is 37.1 Å². The van der Waals surface area contributed by atoms with Crippen molar-refractivity contribution in [2.45, 2.75) is 25.4 Å². The quantitative estimate of drug-likeness (QED) is 0.824. The zero-order valence-corrected chi connectivity index (χ0v) is 15.9. The van der Waals surface area contributed by atoms with E-state index in [2.05, 4.69) is 17.4 Å². The zero-order valence-electron chi connectivity index (χ0n) is 15.1. The maximum absolute atomic E-state index is 12.1. The van der Waals surface area contributed by atoms with Crippen LogP contribution in [0.15, 0.2) is 42.5 Å². The molecule has 4 rings (SSSR count). The molecule has 2 aliphatic heterocycles. The van der Waals surface area contributed by atoms with E-state index in [0.717, 1.165) is 18.5 Å². The van der Waals surface area contributed by atoms with Crippen LogP contribution >= 0.6 is 11.6 Å². The van der Waals surface area contributed by atoms with E-state index < -0.39 is 0 Å². The maximum atomic E-state index is 12.1. The van der Waals surface area contributed by atoms with Crippen LogP contribution in [0, 0.1) is 0 Å². The van der Waals surface area contributed by atoms with Gasteiger partial charge in [-0.05, 0) is 29.7 Å². The maximum Gasteiger partial charge on any atom is 0.222 e. The third-order valence-electron chi connectivity index (χ3n) is 4.99. The number of halogens is 1. The van der Waals surface area contributed by atoms with Crippen molar-refractivity contribution in [3.8, 4) is 11.5 Å². The van der Waals surface area contributed by atoms with Gasteiger partial charge in [-0.25, -0.2) is 0 Å². The van der Waals surface area contributed by atoms with Crippen molar-refractivity contribution in [3.05, 3.63) is 58.6 Å². The van der Waals surface area contributed by atoms with E-state index in [0.29, 0.717) is 49.2 Å². The van der Waals surface area contributed by atoms with Gasteiger partial charge in [-0.1, -0.05) is 41.9 Å². The fraction of sp³-hybridized carbons (Fsp3) is 0.381. The highest BCUT2D eigenvalue weighted by atomic mass is 35.5. The molecule has 2 heterocycles. The minimum absolute atomic E-state index is 0.0558. The van der Waals surface area contributed by atoms with Crippen LogP contribution in [0.5, 0.6) is 11.5 Å². The predicted octanol–water partition coefficient (Wildman–Crippen LogP) is 3.56. The van der Waals surface area contributed by atoms with Crippen molar-refractivity contribution in [1.29, 1.82) is 0 Å². The number of likely N-dealkylation sites (tertiary alicyclic amines) is 1. The topological polar surface area (TPSA) is 50.8 Å². The second-order valence-corrected chi connectivity index (χ2v) is 7.30. The Kier molecular flexibility index (Phi) is 5.50. The molecule has 142 valence electrons.